The van der Waals surface area contributed by atoms with Crippen molar-refractivity contribution in [1.29, 1.82) is 0 Å². The van der Waals surface area contributed by atoms with E-state index in [1.165, 1.54) is 5.56 Å². The van der Waals surface area contributed by atoms with Crippen LogP contribution in [0, 0.1) is 5.92 Å². The van der Waals surface area contributed by atoms with Crippen LogP contribution in [0.5, 0.6) is 0 Å². The Morgan fingerprint density at radius 3 is 2.67 bits per heavy atom. The third-order valence-electron chi connectivity index (χ3n) is 4.22. The average Bonchev–Trinajstić information content (AvgIpc) is 2.95. The molecule has 0 spiro atoms. The van der Waals surface area contributed by atoms with Gasteiger partial charge in [-0.3, -0.25) is 0 Å². The fraction of sp³-hybridized carbons (Fsp3) is 0.312. The minimum atomic E-state index is -2.69. The molecule has 3 aromatic rings. The first kappa shape index (κ1) is 15.4. The molecule has 0 bridgehead atoms. The SMILES string of the molecule is FC(F)c1nnc2ccc(N3CC(Cc4ccccc4Br)C3)nn12. The zero-order valence-corrected chi connectivity index (χ0v) is 14.2. The number of anilines is 1. The summed E-state index contributed by atoms with van der Waals surface area (Å²) >= 11 is 3.57. The van der Waals surface area contributed by atoms with Gasteiger partial charge in [0, 0.05) is 17.6 Å². The molecule has 1 aliphatic rings. The van der Waals surface area contributed by atoms with Gasteiger partial charge in [0.15, 0.2) is 5.65 Å². The van der Waals surface area contributed by atoms with Crippen LogP contribution in [0.25, 0.3) is 5.65 Å². The fourth-order valence-electron chi connectivity index (χ4n) is 2.96. The summed E-state index contributed by atoms with van der Waals surface area (Å²) in [6, 6.07) is 11.7. The molecule has 0 N–H and O–H groups in total. The van der Waals surface area contributed by atoms with Crippen molar-refractivity contribution in [2.45, 2.75) is 12.8 Å². The van der Waals surface area contributed by atoms with E-state index in [1.54, 1.807) is 12.1 Å². The first-order chi connectivity index (χ1) is 11.6. The number of aromatic nitrogens is 4. The van der Waals surface area contributed by atoms with Crippen LogP contribution in [0.15, 0.2) is 40.9 Å². The smallest absolute Gasteiger partial charge is 0.299 e. The third-order valence-corrected chi connectivity index (χ3v) is 4.99. The highest BCUT2D eigenvalue weighted by molar-refractivity contribution is 9.10. The number of halogens is 3. The molecular weight excluding hydrogens is 380 g/mol. The summed E-state index contributed by atoms with van der Waals surface area (Å²) in [6.45, 7) is 1.71. The fourth-order valence-corrected chi connectivity index (χ4v) is 3.41. The van der Waals surface area contributed by atoms with E-state index < -0.39 is 12.2 Å². The minimum absolute atomic E-state index is 0.333. The Labute approximate surface area is 145 Å². The number of benzene rings is 1. The number of hydrogen-bond acceptors (Lipinski definition) is 4. The molecule has 1 aromatic carbocycles. The van der Waals surface area contributed by atoms with Crippen molar-refractivity contribution < 1.29 is 8.78 Å². The Morgan fingerprint density at radius 1 is 1.12 bits per heavy atom. The lowest BCUT2D eigenvalue weighted by Crippen LogP contribution is -2.48. The summed E-state index contributed by atoms with van der Waals surface area (Å²) in [5.41, 5.74) is 1.61. The van der Waals surface area contributed by atoms with Gasteiger partial charge in [-0.05, 0) is 36.1 Å². The lowest BCUT2D eigenvalue weighted by atomic mass is 9.92. The molecule has 4 rings (SSSR count). The van der Waals surface area contributed by atoms with Crippen LogP contribution < -0.4 is 4.90 Å². The Morgan fingerprint density at radius 2 is 1.92 bits per heavy atom. The van der Waals surface area contributed by atoms with Crippen molar-refractivity contribution in [2.75, 3.05) is 18.0 Å². The lowest BCUT2D eigenvalue weighted by molar-refractivity contribution is 0.137. The lowest BCUT2D eigenvalue weighted by Gasteiger charge is -2.40. The van der Waals surface area contributed by atoms with E-state index >= 15 is 0 Å². The van der Waals surface area contributed by atoms with E-state index in [0.717, 1.165) is 28.5 Å². The van der Waals surface area contributed by atoms with Crippen molar-refractivity contribution in [1.82, 2.24) is 19.8 Å². The van der Waals surface area contributed by atoms with Crippen molar-refractivity contribution in [3.05, 3.63) is 52.3 Å². The largest absolute Gasteiger partial charge is 0.354 e. The second kappa shape index (κ2) is 6.08. The molecule has 2 aromatic heterocycles. The third kappa shape index (κ3) is 2.75. The van der Waals surface area contributed by atoms with E-state index in [1.807, 2.05) is 18.2 Å². The van der Waals surface area contributed by atoms with Crippen LogP contribution in [0.4, 0.5) is 14.6 Å². The van der Waals surface area contributed by atoms with Crippen molar-refractivity contribution >= 4 is 27.4 Å². The van der Waals surface area contributed by atoms with E-state index in [-0.39, 0.29) is 0 Å². The van der Waals surface area contributed by atoms with E-state index in [9.17, 15) is 8.78 Å². The maximum atomic E-state index is 12.9. The van der Waals surface area contributed by atoms with Gasteiger partial charge in [-0.15, -0.1) is 15.3 Å². The van der Waals surface area contributed by atoms with Gasteiger partial charge >= 0.3 is 0 Å². The molecule has 0 amide bonds. The summed E-state index contributed by atoms with van der Waals surface area (Å²) < 4.78 is 28.1. The number of alkyl halides is 2. The number of hydrogen-bond donors (Lipinski definition) is 0. The summed E-state index contributed by atoms with van der Waals surface area (Å²) in [7, 11) is 0. The zero-order valence-electron chi connectivity index (χ0n) is 12.6. The molecule has 0 atom stereocenters. The molecule has 24 heavy (non-hydrogen) atoms. The molecule has 8 heteroatoms. The topological polar surface area (TPSA) is 46.3 Å². The molecule has 1 saturated heterocycles. The molecule has 1 aliphatic heterocycles. The molecule has 0 saturated carbocycles. The highest BCUT2D eigenvalue weighted by Crippen LogP contribution is 2.28. The number of rotatable bonds is 4. The van der Waals surface area contributed by atoms with Crippen molar-refractivity contribution in [3.8, 4) is 0 Å². The number of fused-ring (bicyclic) bond motifs is 1. The first-order valence-electron chi connectivity index (χ1n) is 7.60. The highest BCUT2D eigenvalue weighted by atomic mass is 79.9. The second-order valence-corrected chi connectivity index (χ2v) is 6.74. The molecule has 3 heterocycles. The van der Waals surface area contributed by atoms with Gasteiger partial charge in [-0.25, -0.2) is 8.78 Å². The Balaban J connectivity index is 1.48. The molecule has 1 fully saturated rings. The molecular formula is C16H14BrF2N5. The van der Waals surface area contributed by atoms with E-state index in [0.29, 0.717) is 17.4 Å². The summed E-state index contributed by atoms with van der Waals surface area (Å²) in [5, 5.41) is 11.5. The Bertz CT molecular complexity index is 876. The summed E-state index contributed by atoms with van der Waals surface area (Å²) in [5.74, 6) is 0.779. The second-order valence-electron chi connectivity index (χ2n) is 5.89. The van der Waals surface area contributed by atoms with Crippen LogP contribution in [0.2, 0.25) is 0 Å². The molecule has 0 aliphatic carbocycles. The van der Waals surface area contributed by atoms with Crippen molar-refractivity contribution in [2.24, 2.45) is 5.92 Å². The summed E-state index contributed by atoms with van der Waals surface area (Å²) in [4.78, 5) is 2.08. The van der Waals surface area contributed by atoms with E-state index in [2.05, 4.69) is 42.2 Å². The van der Waals surface area contributed by atoms with Crippen LogP contribution in [-0.2, 0) is 6.42 Å². The first-order valence-corrected chi connectivity index (χ1v) is 8.40. The normalized spacial score (nSPS) is 15.2. The number of nitrogens with zero attached hydrogens (tertiary/aromatic N) is 5. The van der Waals surface area contributed by atoms with Gasteiger partial charge in [0.25, 0.3) is 6.43 Å². The summed E-state index contributed by atoms with van der Waals surface area (Å²) in [6.07, 6.45) is -1.71. The minimum Gasteiger partial charge on any atom is -0.354 e. The average molecular weight is 394 g/mol. The van der Waals surface area contributed by atoms with Crippen LogP contribution in [0.3, 0.4) is 0 Å². The molecule has 0 unspecified atom stereocenters. The van der Waals surface area contributed by atoms with Gasteiger partial charge in [0.1, 0.15) is 5.82 Å². The van der Waals surface area contributed by atoms with Gasteiger partial charge in [-0.2, -0.15) is 4.52 Å². The standard InChI is InChI=1S/C16H14BrF2N5/c17-12-4-2-1-3-11(12)7-10-8-23(9-10)14-6-5-13-20-21-16(15(18)19)24(13)22-14/h1-6,10,15H,7-9H2. The van der Waals surface area contributed by atoms with Crippen LogP contribution >= 0.6 is 15.9 Å². The highest BCUT2D eigenvalue weighted by Gasteiger charge is 2.29. The van der Waals surface area contributed by atoms with Crippen LogP contribution in [-0.4, -0.2) is 32.9 Å². The van der Waals surface area contributed by atoms with Gasteiger partial charge in [-0.1, -0.05) is 34.1 Å². The molecule has 5 nitrogen and oxygen atoms in total. The van der Waals surface area contributed by atoms with Gasteiger partial charge < -0.3 is 4.90 Å². The Hall–Kier alpha value is -2.09. The molecule has 124 valence electrons. The van der Waals surface area contributed by atoms with E-state index in [4.69, 9.17) is 0 Å². The predicted molar refractivity (Wildman–Crippen MR) is 89.3 cm³/mol. The monoisotopic (exact) mass is 393 g/mol. The maximum Gasteiger partial charge on any atom is 0.299 e. The predicted octanol–water partition coefficient (Wildman–Crippen LogP) is 3.50. The van der Waals surface area contributed by atoms with Crippen molar-refractivity contribution in [3.63, 3.8) is 0 Å². The van der Waals surface area contributed by atoms with Gasteiger partial charge in [0.05, 0.1) is 0 Å². The quantitative estimate of drug-likeness (QED) is 0.680. The maximum absolute atomic E-state index is 12.9. The molecule has 0 radical (unpaired) electrons. The van der Waals surface area contributed by atoms with Gasteiger partial charge in [0.2, 0.25) is 5.82 Å². The van der Waals surface area contributed by atoms with Crippen LogP contribution in [0.1, 0.15) is 17.8 Å². The Kier molecular flexibility index (Phi) is 3.91. The zero-order chi connectivity index (χ0) is 16.7.